The highest BCUT2D eigenvalue weighted by atomic mass is 32.1. The van der Waals surface area contributed by atoms with Crippen molar-refractivity contribution >= 4 is 23.3 Å². The van der Waals surface area contributed by atoms with Crippen LogP contribution in [-0.2, 0) is 24.1 Å². The molecule has 0 atom stereocenters. The minimum absolute atomic E-state index is 0.0908. The number of pyridine rings is 1. The first kappa shape index (κ1) is 14.9. The Morgan fingerprint density at radius 2 is 2.23 bits per heavy atom. The van der Waals surface area contributed by atoms with E-state index in [-0.39, 0.29) is 5.91 Å². The molecule has 1 aliphatic carbocycles. The summed E-state index contributed by atoms with van der Waals surface area (Å²) in [7, 11) is 0. The molecule has 1 amide bonds. The maximum atomic E-state index is 11.8. The lowest BCUT2D eigenvalue weighted by molar-refractivity contribution is -0.116. The zero-order chi connectivity index (χ0) is 15.2. The first-order chi connectivity index (χ1) is 10.8. The molecule has 1 aliphatic rings. The number of carbonyl (C=O) groups excluding carboxylic acids is 1. The third-order valence-electron chi connectivity index (χ3n) is 3.62. The molecule has 2 heterocycles. The summed E-state index contributed by atoms with van der Waals surface area (Å²) in [4.78, 5) is 22.0. The largest absolute Gasteiger partial charge is 0.352 e. The van der Waals surface area contributed by atoms with Crippen molar-refractivity contribution in [3.8, 4) is 0 Å². The van der Waals surface area contributed by atoms with Gasteiger partial charge < -0.3 is 5.32 Å². The van der Waals surface area contributed by atoms with E-state index >= 15 is 0 Å². The van der Waals surface area contributed by atoms with Gasteiger partial charge >= 0.3 is 0 Å². The molecule has 2 aromatic rings. The molecule has 114 valence electrons. The lowest BCUT2D eigenvalue weighted by Crippen LogP contribution is -2.23. The lowest BCUT2D eigenvalue weighted by Gasteiger charge is -2.06. The Balaban J connectivity index is 1.45. The van der Waals surface area contributed by atoms with E-state index in [1.165, 1.54) is 35.9 Å². The van der Waals surface area contributed by atoms with E-state index in [9.17, 15) is 4.79 Å². The van der Waals surface area contributed by atoms with Gasteiger partial charge in [-0.3, -0.25) is 9.78 Å². The van der Waals surface area contributed by atoms with Crippen LogP contribution in [0.15, 0.2) is 30.5 Å². The van der Waals surface area contributed by atoms with Crippen molar-refractivity contribution in [3.05, 3.63) is 51.7 Å². The van der Waals surface area contributed by atoms with Crippen molar-refractivity contribution in [2.45, 2.75) is 32.1 Å². The molecular formula is C17H19N3OS. The molecule has 0 radical (unpaired) electrons. The average Bonchev–Trinajstić information content (AvgIpc) is 2.96. The summed E-state index contributed by atoms with van der Waals surface area (Å²) in [6, 6.07) is 5.61. The summed E-state index contributed by atoms with van der Waals surface area (Å²) in [5.41, 5.74) is 2.07. The van der Waals surface area contributed by atoms with E-state index in [1.807, 2.05) is 18.2 Å². The summed E-state index contributed by atoms with van der Waals surface area (Å²) in [6.07, 6.45) is 10.6. The Labute approximate surface area is 134 Å². The second kappa shape index (κ2) is 7.31. The Morgan fingerprint density at radius 3 is 3.05 bits per heavy atom. The Morgan fingerprint density at radius 1 is 1.32 bits per heavy atom. The molecule has 0 saturated heterocycles. The van der Waals surface area contributed by atoms with Gasteiger partial charge in [-0.25, -0.2) is 4.98 Å². The third-order valence-corrected chi connectivity index (χ3v) is 4.84. The predicted octanol–water partition coefficient (Wildman–Crippen LogP) is 2.79. The van der Waals surface area contributed by atoms with Crippen LogP contribution >= 0.6 is 11.3 Å². The van der Waals surface area contributed by atoms with Gasteiger partial charge in [-0.15, -0.1) is 11.3 Å². The summed E-state index contributed by atoms with van der Waals surface area (Å²) >= 11 is 1.81. The Hall–Kier alpha value is -2.01. The minimum atomic E-state index is -0.0908. The zero-order valence-corrected chi connectivity index (χ0v) is 13.2. The van der Waals surface area contributed by atoms with E-state index in [2.05, 4.69) is 15.3 Å². The number of hydrogen-bond donors (Lipinski definition) is 1. The second-order valence-corrected chi connectivity index (χ2v) is 6.48. The first-order valence-electron chi connectivity index (χ1n) is 7.65. The molecule has 0 saturated carbocycles. The average molecular weight is 313 g/mol. The Bertz CT molecular complexity index is 640. The molecule has 0 aliphatic heterocycles. The topological polar surface area (TPSA) is 54.9 Å². The number of aryl methyl sites for hydroxylation is 2. The van der Waals surface area contributed by atoms with Crippen molar-refractivity contribution in [1.29, 1.82) is 0 Å². The van der Waals surface area contributed by atoms with Gasteiger partial charge in [-0.1, -0.05) is 6.07 Å². The van der Waals surface area contributed by atoms with Crippen molar-refractivity contribution in [2.75, 3.05) is 6.54 Å². The second-order valence-electron chi connectivity index (χ2n) is 5.31. The minimum Gasteiger partial charge on any atom is -0.352 e. The highest BCUT2D eigenvalue weighted by Crippen LogP contribution is 2.26. The molecule has 0 fully saturated rings. The molecule has 2 aromatic heterocycles. The molecule has 22 heavy (non-hydrogen) atoms. The lowest BCUT2D eigenvalue weighted by atomic mass is 10.0. The fourth-order valence-electron chi connectivity index (χ4n) is 2.50. The van der Waals surface area contributed by atoms with Crippen LogP contribution in [0.2, 0.25) is 0 Å². The molecule has 4 nitrogen and oxygen atoms in total. The van der Waals surface area contributed by atoms with Crippen LogP contribution in [0.5, 0.6) is 0 Å². The van der Waals surface area contributed by atoms with Gasteiger partial charge in [0.2, 0.25) is 5.91 Å². The number of nitrogens with one attached hydrogen (secondary N) is 1. The van der Waals surface area contributed by atoms with Crippen LogP contribution < -0.4 is 5.32 Å². The van der Waals surface area contributed by atoms with Crippen LogP contribution in [0.4, 0.5) is 0 Å². The van der Waals surface area contributed by atoms with Crippen LogP contribution in [-0.4, -0.2) is 22.4 Å². The van der Waals surface area contributed by atoms with Crippen LogP contribution in [0.1, 0.15) is 34.1 Å². The number of aromatic nitrogens is 2. The summed E-state index contributed by atoms with van der Waals surface area (Å²) in [5.74, 6) is -0.0908. The number of nitrogens with zero attached hydrogens (tertiary/aromatic N) is 2. The third kappa shape index (κ3) is 4.01. The fraction of sp³-hybridized carbons (Fsp3) is 0.353. The number of thiazole rings is 1. The first-order valence-corrected chi connectivity index (χ1v) is 8.47. The zero-order valence-electron chi connectivity index (χ0n) is 12.4. The Kier molecular flexibility index (Phi) is 4.96. The van der Waals surface area contributed by atoms with E-state index in [4.69, 9.17) is 0 Å². The van der Waals surface area contributed by atoms with Crippen molar-refractivity contribution in [2.24, 2.45) is 0 Å². The van der Waals surface area contributed by atoms with Crippen molar-refractivity contribution < 1.29 is 4.79 Å². The standard InChI is InChI=1S/C17H19N3OS/c21-16(9-8-13-5-3-4-11-18-13)19-12-10-17-20-14-6-1-2-7-15(14)22-17/h3-5,8-9,11H,1-2,6-7,10,12H2,(H,19,21)/b9-8-. The summed E-state index contributed by atoms with van der Waals surface area (Å²) in [6.45, 7) is 0.623. The predicted molar refractivity (Wildman–Crippen MR) is 88.7 cm³/mol. The summed E-state index contributed by atoms with van der Waals surface area (Å²) < 4.78 is 0. The van der Waals surface area contributed by atoms with E-state index in [1.54, 1.807) is 23.6 Å². The number of carbonyl (C=O) groups is 1. The maximum Gasteiger partial charge on any atom is 0.244 e. The van der Waals surface area contributed by atoms with Crippen molar-refractivity contribution in [3.63, 3.8) is 0 Å². The molecule has 0 unspecified atom stereocenters. The summed E-state index contributed by atoms with van der Waals surface area (Å²) in [5, 5.41) is 4.03. The van der Waals surface area contributed by atoms with Crippen LogP contribution in [0.3, 0.4) is 0 Å². The van der Waals surface area contributed by atoms with Gasteiger partial charge in [0.25, 0.3) is 0 Å². The van der Waals surface area contributed by atoms with Gasteiger partial charge in [-0.2, -0.15) is 0 Å². The number of amides is 1. The van der Waals surface area contributed by atoms with Gasteiger partial charge in [0.1, 0.15) is 0 Å². The molecule has 0 spiro atoms. The molecule has 0 aromatic carbocycles. The highest BCUT2D eigenvalue weighted by Gasteiger charge is 2.14. The smallest absolute Gasteiger partial charge is 0.244 e. The van der Waals surface area contributed by atoms with Crippen LogP contribution in [0, 0.1) is 0 Å². The quantitative estimate of drug-likeness (QED) is 0.864. The maximum absolute atomic E-state index is 11.8. The molecule has 1 N–H and O–H groups in total. The highest BCUT2D eigenvalue weighted by molar-refractivity contribution is 7.11. The fourth-order valence-corrected chi connectivity index (χ4v) is 3.66. The monoisotopic (exact) mass is 313 g/mol. The van der Waals surface area contributed by atoms with Crippen LogP contribution in [0.25, 0.3) is 6.08 Å². The van der Waals surface area contributed by atoms with Gasteiger partial charge in [0, 0.05) is 30.1 Å². The van der Waals surface area contributed by atoms with E-state index in [0.717, 1.165) is 23.5 Å². The van der Waals surface area contributed by atoms with Gasteiger partial charge in [0.05, 0.1) is 16.4 Å². The van der Waals surface area contributed by atoms with Gasteiger partial charge in [0.15, 0.2) is 0 Å². The van der Waals surface area contributed by atoms with Gasteiger partial charge in [-0.05, 0) is 43.9 Å². The molecule has 3 rings (SSSR count). The normalized spacial score (nSPS) is 14.0. The van der Waals surface area contributed by atoms with E-state index < -0.39 is 0 Å². The number of hydrogen-bond acceptors (Lipinski definition) is 4. The van der Waals surface area contributed by atoms with E-state index in [0.29, 0.717) is 6.54 Å². The molecule has 0 bridgehead atoms. The molecular weight excluding hydrogens is 294 g/mol. The van der Waals surface area contributed by atoms with Crippen molar-refractivity contribution in [1.82, 2.24) is 15.3 Å². The number of rotatable bonds is 5. The molecule has 5 heteroatoms. The number of fused-ring (bicyclic) bond motifs is 1. The SMILES string of the molecule is O=C(/C=C\c1ccccn1)NCCc1nc2c(s1)CCCC2.